The van der Waals surface area contributed by atoms with E-state index < -0.39 is 6.09 Å². The Morgan fingerprint density at radius 3 is 2.05 bits per heavy atom. The van der Waals surface area contributed by atoms with E-state index in [9.17, 15) is 9.59 Å². The van der Waals surface area contributed by atoms with Crippen LogP contribution >= 0.6 is 0 Å². The lowest BCUT2D eigenvalue weighted by Gasteiger charge is -2.02. The molecule has 2 rings (SSSR count). The number of benzene rings is 2. The first-order valence-electron chi connectivity index (χ1n) is 6.64. The average molecular weight is 297 g/mol. The monoisotopic (exact) mass is 297 g/mol. The summed E-state index contributed by atoms with van der Waals surface area (Å²) in [4.78, 5) is 27.6. The summed E-state index contributed by atoms with van der Waals surface area (Å²) >= 11 is 0. The second-order valence-corrected chi connectivity index (χ2v) is 4.28. The fraction of sp³-hybridized carbons (Fsp3) is 0.0625. The normalized spacial score (nSPS) is 10.2. The third-order valence-corrected chi connectivity index (χ3v) is 2.56. The van der Waals surface area contributed by atoms with E-state index in [-0.39, 0.29) is 12.3 Å². The van der Waals surface area contributed by atoms with Gasteiger partial charge in [0, 0.05) is 11.4 Å². The van der Waals surface area contributed by atoms with Crippen molar-refractivity contribution in [2.75, 3.05) is 10.6 Å². The van der Waals surface area contributed by atoms with Crippen LogP contribution in [-0.4, -0.2) is 18.2 Å². The van der Waals surface area contributed by atoms with E-state index in [1.165, 1.54) is 6.21 Å². The van der Waals surface area contributed by atoms with Gasteiger partial charge in [0.2, 0.25) is 5.91 Å². The molecule has 0 radical (unpaired) electrons. The Bertz CT molecular complexity index is 585. The van der Waals surface area contributed by atoms with E-state index in [4.69, 9.17) is 0 Å². The number of hydrogen-bond acceptors (Lipinski definition) is 4. The number of para-hydroxylation sites is 2. The van der Waals surface area contributed by atoms with Gasteiger partial charge in [-0.2, -0.15) is 0 Å². The third kappa shape index (κ3) is 5.46. The van der Waals surface area contributed by atoms with Crippen molar-refractivity contribution < 1.29 is 14.4 Å². The van der Waals surface area contributed by atoms with Gasteiger partial charge >= 0.3 is 6.09 Å². The van der Waals surface area contributed by atoms with Crippen LogP contribution in [0.15, 0.2) is 65.8 Å². The molecule has 0 bridgehead atoms. The minimum absolute atomic E-state index is 0.00745. The number of rotatable bonds is 5. The fourth-order valence-corrected chi connectivity index (χ4v) is 1.60. The first-order chi connectivity index (χ1) is 10.7. The lowest BCUT2D eigenvalue weighted by molar-refractivity contribution is -0.115. The fourth-order valence-electron chi connectivity index (χ4n) is 1.60. The van der Waals surface area contributed by atoms with Crippen LogP contribution in [0.4, 0.5) is 16.2 Å². The number of amides is 2. The van der Waals surface area contributed by atoms with Crippen LogP contribution in [0.1, 0.15) is 6.42 Å². The molecule has 0 saturated heterocycles. The van der Waals surface area contributed by atoms with Crippen LogP contribution in [0.5, 0.6) is 0 Å². The van der Waals surface area contributed by atoms with E-state index in [2.05, 4.69) is 20.6 Å². The van der Waals surface area contributed by atoms with Gasteiger partial charge in [-0.05, 0) is 24.3 Å². The summed E-state index contributed by atoms with van der Waals surface area (Å²) in [6, 6.07) is 17.9. The van der Waals surface area contributed by atoms with E-state index >= 15 is 0 Å². The molecule has 6 heteroatoms. The van der Waals surface area contributed by atoms with Gasteiger partial charge in [-0.1, -0.05) is 41.6 Å². The van der Waals surface area contributed by atoms with E-state index in [1.807, 2.05) is 24.3 Å². The molecule has 112 valence electrons. The number of carbonyl (C=O) groups is 2. The maximum atomic E-state index is 11.6. The topological polar surface area (TPSA) is 79.8 Å². The molecule has 2 aromatic carbocycles. The Labute approximate surface area is 127 Å². The molecule has 2 N–H and O–H groups in total. The van der Waals surface area contributed by atoms with Crippen LogP contribution in [0.2, 0.25) is 0 Å². The molecule has 22 heavy (non-hydrogen) atoms. The standard InChI is InChI=1S/C16H15N3O3/c20-15(18-13-7-3-1-4-8-13)11-12-17-22-16(21)19-14-9-5-2-6-10-14/h1-10,12H,11H2,(H,18,20)(H,19,21). The van der Waals surface area contributed by atoms with E-state index in [1.54, 1.807) is 36.4 Å². The molecule has 0 aliphatic rings. The first kappa shape index (κ1) is 15.2. The number of hydrogen-bond donors (Lipinski definition) is 2. The molecule has 0 aliphatic carbocycles. The maximum Gasteiger partial charge on any atom is 0.437 e. The van der Waals surface area contributed by atoms with Crippen molar-refractivity contribution in [2.24, 2.45) is 5.16 Å². The Hall–Kier alpha value is -3.15. The van der Waals surface area contributed by atoms with Crippen LogP contribution < -0.4 is 10.6 Å². The van der Waals surface area contributed by atoms with Crippen LogP contribution in [0.3, 0.4) is 0 Å². The second-order valence-electron chi connectivity index (χ2n) is 4.28. The number of nitrogens with one attached hydrogen (secondary N) is 2. The molecular formula is C16H15N3O3. The number of oxime groups is 1. The minimum Gasteiger partial charge on any atom is -0.326 e. The molecule has 0 heterocycles. The summed E-state index contributed by atoms with van der Waals surface area (Å²) < 4.78 is 0. The first-order valence-corrected chi connectivity index (χ1v) is 6.64. The van der Waals surface area contributed by atoms with Gasteiger partial charge in [0.25, 0.3) is 0 Å². The highest BCUT2D eigenvalue weighted by molar-refractivity contribution is 5.99. The zero-order valence-corrected chi connectivity index (χ0v) is 11.7. The summed E-state index contributed by atoms with van der Waals surface area (Å²) in [6.07, 6.45) is 0.516. The van der Waals surface area contributed by atoms with Gasteiger partial charge in [-0.15, -0.1) is 0 Å². The third-order valence-electron chi connectivity index (χ3n) is 2.56. The van der Waals surface area contributed by atoms with Gasteiger partial charge < -0.3 is 5.32 Å². The largest absolute Gasteiger partial charge is 0.437 e. The molecule has 0 unspecified atom stereocenters. The highest BCUT2D eigenvalue weighted by atomic mass is 16.7. The smallest absolute Gasteiger partial charge is 0.326 e. The van der Waals surface area contributed by atoms with Crippen molar-refractivity contribution in [1.29, 1.82) is 0 Å². The molecule has 0 atom stereocenters. The molecule has 0 spiro atoms. The zero-order chi connectivity index (χ0) is 15.6. The van der Waals surface area contributed by atoms with Crippen LogP contribution in [0.25, 0.3) is 0 Å². The van der Waals surface area contributed by atoms with Crippen molar-refractivity contribution in [2.45, 2.75) is 6.42 Å². The summed E-state index contributed by atoms with van der Waals surface area (Å²) in [7, 11) is 0. The highest BCUT2D eigenvalue weighted by Gasteiger charge is 2.02. The molecule has 0 fully saturated rings. The van der Waals surface area contributed by atoms with E-state index in [0.717, 1.165) is 0 Å². The summed E-state index contributed by atoms with van der Waals surface area (Å²) in [5, 5.41) is 8.63. The summed E-state index contributed by atoms with van der Waals surface area (Å²) in [5.74, 6) is -0.248. The highest BCUT2D eigenvalue weighted by Crippen LogP contribution is 2.06. The van der Waals surface area contributed by atoms with Crippen molar-refractivity contribution >= 4 is 29.6 Å². The number of carbonyl (C=O) groups excluding carboxylic acids is 2. The SMILES string of the molecule is O=C(CC=NOC(=O)Nc1ccccc1)Nc1ccccc1. The van der Waals surface area contributed by atoms with E-state index in [0.29, 0.717) is 11.4 Å². The maximum absolute atomic E-state index is 11.6. The van der Waals surface area contributed by atoms with Gasteiger partial charge in [0.05, 0.1) is 12.6 Å². The predicted molar refractivity (Wildman–Crippen MR) is 84.7 cm³/mol. The molecule has 0 aliphatic heterocycles. The lowest BCUT2D eigenvalue weighted by atomic mass is 10.3. The summed E-state index contributed by atoms with van der Waals surface area (Å²) in [5.41, 5.74) is 1.30. The number of anilines is 2. The van der Waals surface area contributed by atoms with Gasteiger partial charge in [-0.3, -0.25) is 14.9 Å². The van der Waals surface area contributed by atoms with Gasteiger partial charge in [-0.25, -0.2) is 4.79 Å². The molecule has 0 aromatic heterocycles. The Morgan fingerprint density at radius 2 is 1.45 bits per heavy atom. The Kier molecular flexibility index (Phi) is 5.69. The van der Waals surface area contributed by atoms with Crippen molar-refractivity contribution in [3.05, 3.63) is 60.7 Å². The van der Waals surface area contributed by atoms with Crippen LogP contribution in [-0.2, 0) is 9.63 Å². The average Bonchev–Trinajstić information content (AvgIpc) is 2.53. The van der Waals surface area contributed by atoms with Crippen molar-refractivity contribution in [1.82, 2.24) is 0 Å². The van der Waals surface area contributed by atoms with Gasteiger partial charge in [0.15, 0.2) is 0 Å². The van der Waals surface area contributed by atoms with Gasteiger partial charge in [0.1, 0.15) is 0 Å². The lowest BCUT2D eigenvalue weighted by Crippen LogP contribution is -2.13. The quantitative estimate of drug-likeness (QED) is 0.505. The second kappa shape index (κ2) is 8.21. The van der Waals surface area contributed by atoms with Crippen LogP contribution in [0, 0.1) is 0 Å². The Morgan fingerprint density at radius 1 is 0.909 bits per heavy atom. The zero-order valence-electron chi connectivity index (χ0n) is 11.7. The number of nitrogens with zero attached hydrogens (tertiary/aromatic N) is 1. The minimum atomic E-state index is -0.717. The van der Waals surface area contributed by atoms with Crippen molar-refractivity contribution in [3.63, 3.8) is 0 Å². The molecule has 2 amide bonds. The summed E-state index contributed by atoms with van der Waals surface area (Å²) in [6.45, 7) is 0. The molecule has 0 saturated carbocycles. The predicted octanol–water partition coefficient (Wildman–Crippen LogP) is 3.25. The Balaban J connectivity index is 1.69. The molecular weight excluding hydrogens is 282 g/mol. The molecule has 6 nitrogen and oxygen atoms in total. The molecule has 2 aromatic rings. The van der Waals surface area contributed by atoms with Crippen molar-refractivity contribution in [3.8, 4) is 0 Å².